The average Bonchev–Trinajstić information content (AvgIpc) is 3.70. The molecule has 4 aromatic rings. The third-order valence-corrected chi connectivity index (χ3v) is 10.7. The van der Waals surface area contributed by atoms with E-state index in [1.165, 1.54) is 56.6 Å². The molecule has 5 heterocycles. The highest BCUT2D eigenvalue weighted by Gasteiger charge is 2.46. The van der Waals surface area contributed by atoms with E-state index in [9.17, 15) is 4.79 Å². The summed E-state index contributed by atoms with van der Waals surface area (Å²) in [4.78, 5) is 26.1. The summed E-state index contributed by atoms with van der Waals surface area (Å²) in [6, 6.07) is 0.588. The molecule has 38 heavy (non-hydrogen) atoms. The highest BCUT2D eigenvalue weighted by Crippen LogP contribution is 2.53. The molecule has 3 aliphatic rings. The summed E-state index contributed by atoms with van der Waals surface area (Å²) in [6.07, 6.45) is 12.8. The van der Waals surface area contributed by atoms with Crippen molar-refractivity contribution in [3.63, 3.8) is 0 Å². The van der Waals surface area contributed by atoms with Crippen LogP contribution in [0.15, 0.2) is 36.3 Å². The molecule has 0 aromatic carbocycles. The fourth-order valence-corrected chi connectivity index (χ4v) is 8.78. The molecule has 4 aromatic heterocycles. The number of aromatic nitrogens is 4. The number of hydrogen-bond donors (Lipinski definition) is 1. The minimum atomic E-state index is 0.292. The van der Waals surface area contributed by atoms with Crippen molar-refractivity contribution in [2.75, 3.05) is 13.1 Å². The molecule has 1 unspecified atom stereocenters. The number of carbonyl (C=O) groups is 1. The first-order valence-electron chi connectivity index (χ1n) is 13.9. The maximum Gasteiger partial charge on any atom is 0.163 e. The van der Waals surface area contributed by atoms with Gasteiger partial charge in [0.15, 0.2) is 11.4 Å². The van der Waals surface area contributed by atoms with Gasteiger partial charge < -0.3 is 4.98 Å². The number of carbonyl (C=O) groups excluding carboxylic acids is 1. The van der Waals surface area contributed by atoms with Crippen molar-refractivity contribution in [2.45, 2.75) is 71.8 Å². The van der Waals surface area contributed by atoms with Gasteiger partial charge in [0.05, 0.1) is 5.69 Å². The predicted octanol–water partition coefficient (Wildman–Crippen LogP) is 6.62. The normalized spacial score (nSPS) is 23.6. The molecular formula is C31H35N5OS. The van der Waals surface area contributed by atoms with Crippen LogP contribution in [-0.4, -0.2) is 49.4 Å². The summed E-state index contributed by atoms with van der Waals surface area (Å²) in [7, 11) is 0. The first kappa shape index (κ1) is 24.0. The number of likely N-dealkylation sites (tertiary alicyclic amines) is 1. The van der Waals surface area contributed by atoms with E-state index in [1.54, 1.807) is 11.2 Å². The molecule has 1 saturated heterocycles. The van der Waals surface area contributed by atoms with E-state index in [0.29, 0.717) is 36.0 Å². The second-order valence-corrected chi connectivity index (χ2v) is 12.9. The fourth-order valence-electron chi connectivity index (χ4n) is 7.35. The van der Waals surface area contributed by atoms with Gasteiger partial charge in [0.2, 0.25) is 0 Å². The zero-order valence-corrected chi connectivity index (χ0v) is 23.7. The van der Waals surface area contributed by atoms with E-state index >= 15 is 0 Å². The molecule has 2 fully saturated rings. The number of H-pyrrole nitrogens is 1. The Labute approximate surface area is 227 Å². The number of allylic oxidation sites excluding steroid dienone is 3. The van der Waals surface area contributed by atoms with Gasteiger partial charge in [-0.1, -0.05) is 32.1 Å². The predicted molar refractivity (Wildman–Crippen MR) is 154 cm³/mol. The van der Waals surface area contributed by atoms with E-state index in [-0.39, 0.29) is 0 Å². The van der Waals surface area contributed by atoms with Crippen LogP contribution >= 0.6 is 11.3 Å². The number of rotatable bonds is 5. The number of Topliss-reactive ketones (excluding diaryl/α,β-unsaturated/α-hetero) is 1. The summed E-state index contributed by atoms with van der Waals surface area (Å²) in [5.74, 6) is 1.99. The first-order valence-corrected chi connectivity index (χ1v) is 14.7. The van der Waals surface area contributed by atoms with Crippen molar-refractivity contribution in [3.8, 4) is 11.3 Å². The summed E-state index contributed by atoms with van der Waals surface area (Å²) in [5.41, 5.74) is 9.68. The van der Waals surface area contributed by atoms with Crippen LogP contribution in [0, 0.1) is 26.7 Å². The Kier molecular flexibility index (Phi) is 5.53. The molecule has 0 amide bonds. The molecule has 2 bridgehead atoms. The Balaban J connectivity index is 1.23. The quantitative estimate of drug-likeness (QED) is 0.318. The van der Waals surface area contributed by atoms with E-state index in [1.807, 2.05) is 34.1 Å². The third-order valence-electron chi connectivity index (χ3n) is 9.39. The zero-order chi connectivity index (χ0) is 26.3. The topological polar surface area (TPSA) is 66.3 Å². The highest BCUT2D eigenvalue weighted by molar-refractivity contribution is 7.19. The first-order chi connectivity index (χ1) is 18.3. The van der Waals surface area contributed by atoms with Crippen LogP contribution in [0.1, 0.15) is 72.1 Å². The van der Waals surface area contributed by atoms with E-state index in [4.69, 9.17) is 0 Å². The van der Waals surface area contributed by atoms with Crippen molar-refractivity contribution in [1.82, 2.24) is 24.5 Å². The van der Waals surface area contributed by atoms with Crippen molar-refractivity contribution in [3.05, 3.63) is 63.5 Å². The number of aromatic amines is 1. The molecule has 196 valence electrons. The Morgan fingerprint density at radius 2 is 2.00 bits per heavy atom. The monoisotopic (exact) mass is 525 g/mol. The molecule has 6 nitrogen and oxygen atoms in total. The summed E-state index contributed by atoms with van der Waals surface area (Å²) < 4.78 is 1.91. The van der Waals surface area contributed by atoms with Crippen LogP contribution in [-0.2, 0) is 4.79 Å². The highest BCUT2D eigenvalue weighted by atomic mass is 32.1. The molecular weight excluding hydrogens is 490 g/mol. The number of thiophene rings is 1. The third kappa shape index (κ3) is 3.51. The van der Waals surface area contributed by atoms with Crippen molar-refractivity contribution >= 4 is 33.0 Å². The van der Waals surface area contributed by atoms with Crippen molar-refractivity contribution in [1.29, 1.82) is 0 Å². The molecule has 0 spiro atoms. The average molecular weight is 526 g/mol. The lowest BCUT2D eigenvalue weighted by Gasteiger charge is -2.32. The van der Waals surface area contributed by atoms with E-state index in [0.717, 1.165) is 24.3 Å². The number of aryl methyl sites for hydroxylation is 2. The van der Waals surface area contributed by atoms with Crippen LogP contribution in [0.4, 0.5) is 0 Å². The molecule has 1 aliphatic heterocycles. The summed E-state index contributed by atoms with van der Waals surface area (Å²) >= 11 is 1.98. The smallest absolute Gasteiger partial charge is 0.163 e. The number of nitrogens with zero attached hydrogens (tertiary/aromatic N) is 4. The summed E-state index contributed by atoms with van der Waals surface area (Å²) in [6.45, 7) is 13.2. The number of ketones is 1. The van der Waals surface area contributed by atoms with Crippen molar-refractivity contribution < 1.29 is 4.79 Å². The van der Waals surface area contributed by atoms with Gasteiger partial charge in [-0.15, -0.1) is 11.3 Å². The van der Waals surface area contributed by atoms with Crippen LogP contribution in [0.2, 0.25) is 0 Å². The number of pyridine rings is 1. The van der Waals surface area contributed by atoms with E-state index in [2.05, 4.69) is 60.8 Å². The maximum absolute atomic E-state index is 12.3. The molecule has 1 saturated carbocycles. The Bertz CT molecular complexity index is 1660. The molecule has 1 N–H and O–H groups in total. The lowest BCUT2D eigenvalue weighted by Crippen LogP contribution is -2.37. The number of fused-ring (bicyclic) bond motifs is 4. The molecule has 2 aliphatic carbocycles. The van der Waals surface area contributed by atoms with Gasteiger partial charge in [0.1, 0.15) is 11.2 Å². The number of hydrogen-bond acceptors (Lipinski definition) is 5. The summed E-state index contributed by atoms with van der Waals surface area (Å²) in [5, 5.41) is 5.87. The molecule has 7 rings (SSSR count). The standard InChI is InChI=1S/C31H35N5OS/c1-16(2)26-27-19(5)29(23-11-22-10-21(23)13-35(22)12-20-8-6-7-9-25(20)37)38-31(27)34-28(26)24-14-36-30(32-15-33-36)18(4)17(24)3/h6-8,14-16,21-23,34H,9-13H2,1-5H3/t21-,22?,23+/m0/s1. The second-order valence-electron chi connectivity index (χ2n) is 11.9. The SMILES string of the molecule is Cc1c(-c2[nH]c3sc([C@@H]4CC5C[C@H]4CN5CC4=CC=CCC4=O)c(C)c3c2C(C)C)cn2ncnc2c1C. The van der Waals surface area contributed by atoms with Gasteiger partial charge in [0, 0.05) is 53.1 Å². The lowest BCUT2D eigenvalue weighted by atomic mass is 9.88. The van der Waals surface area contributed by atoms with E-state index < -0.39 is 0 Å². The minimum Gasteiger partial charge on any atom is -0.346 e. The van der Waals surface area contributed by atoms with Gasteiger partial charge >= 0.3 is 0 Å². The van der Waals surface area contributed by atoms with Gasteiger partial charge in [-0.2, -0.15) is 5.10 Å². The molecule has 0 radical (unpaired) electrons. The number of piperidine rings is 1. The molecule has 7 heteroatoms. The van der Waals surface area contributed by atoms with Crippen LogP contribution in [0.25, 0.3) is 27.1 Å². The van der Waals surface area contributed by atoms with Gasteiger partial charge in [-0.05, 0) is 73.6 Å². The Morgan fingerprint density at radius 3 is 2.74 bits per heavy atom. The maximum atomic E-state index is 12.3. The van der Waals surface area contributed by atoms with Gasteiger partial charge in [-0.25, -0.2) is 9.50 Å². The second kappa shape index (κ2) is 8.75. The van der Waals surface area contributed by atoms with Crippen LogP contribution in [0.5, 0.6) is 0 Å². The fraction of sp³-hybridized carbons (Fsp3) is 0.452. The zero-order valence-electron chi connectivity index (χ0n) is 22.8. The Hall–Kier alpha value is -3.03. The van der Waals surface area contributed by atoms with Gasteiger partial charge in [-0.3, -0.25) is 9.69 Å². The molecule has 3 atom stereocenters. The van der Waals surface area contributed by atoms with Crippen LogP contribution in [0.3, 0.4) is 0 Å². The van der Waals surface area contributed by atoms with Crippen molar-refractivity contribution in [2.24, 2.45) is 5.92 Å². The largest absolute Gasteiger partial charge is 0.346 e. The minimum absolute atomic E-state index is 0.292. The Morgan fingerprint density at radius 1 is 1.16 bits per heavy atom. The number of nitrogens with one attached hydrogen (secondary N) is 1. The van der Waals surface area contributed by atoms with Gasteiger partial charge in [0.25, 0.3) is 0 Å². The van der Waals surface area contributed by atoms with Crippen LogP contribution < -0.4 is 0 Å². The lowest BCUT2D eigenvalue weighted by molar-refractivity contribution is -0.115.